The molecule has 1 fully saturated rings. The van der Waals surface area contributed by atoms with E-state index >= 15 is 0 Å². The van der Waals surface area contributed by atoms with Crippen LogP contribution in [0.15, 0.2) is 42.6 Å². The van der Waals surface area contributed by atoms with Crippen molar-refractivity contribution >= 4 is 39.1 Å². The minimum Gasteiger partial charge on any atom is -0.383 e. The summed E-state index contributed by atoms with van der Waals surface area (Å²) in [4.78, 5) is 32.3. The van der Waals surface area contributed by atoms with E-state index in [1.807, 2.05) is 24.3 Å². The zero-order valence-electron chi connectivity index (χ0n) is 17.2. The summed E-state index contributed by atoms with van der Waals surface area (Å²) in [5, 5.41) is 3.86. The van der Waals surface area contributed by atoms with Gasteiger partial charge < -0.3 is 25.4 Å². The van der Waals surface area contributed by atoms with Crippen LogP contribution in [0, 0.1) is 0 Å². The molecule has 0 spiro atoms. The third-order valence-electron chi connectivity index (χ3n) is 5.18. The van der Waals surface area contributed by atoms with Crippen molar-refractivity contribution in [1.82, 2.24) is 15.2 Å². The topological polar surface area (TPSA) is 107 Å². The van der Waals surface area contributed by atoms with E-state index in [9.17, 15) is 9.59 Å². The van der Waals surface area contributed by atoms with E-state index in [1.54, 1.807) is 30.3 Å². The lowest BCUT2D eigenvalue weighted by molar-refractivity contribution is -0.0222. The van der Waals surface area contributed by atoms with Crippen molar-refractivity contribution in [3.63, 3.8) is 0 Å². The molecule has 1 aliphatic rings. The van der Waals surface area contributed by atoms with E-state index in [2.05, 4.69) is 10.3 Å². The van der Waals surface area contributed by atoms with Crippen molar-refractivity contribution in [1.29, 1.82) is 0 Å². The highest BCUT2D eigenvalue weighted by atomic mass is 32.1. The van der Waals surface area contributed by atoms with Crippen LogP contribution in [0.5, 0.6) is 0 Å². The van der Waals surface area contributed by atoms with Crippen molar-refractivity contribution in [3.05, 3.63) is 58.6 Å². The average Bonchev–Trinajstić information content (AvgIpc) is 3.19. The van der Waals surface area contributed by atoms with E-state index in [4.69, 9.17) is 15.2 Å². The van der Waals surface area contributed by atoms with Crippen molar-refractivity contribution in [2.75, 3.05) is 45.7 Å². The number of rotatable bonds is 6. The van der Waals surface area contributed by atoms with Crippen LogP contribution in [-0.2, 0) is 9.47 Å². The first-order valence-electron chi connectivity index (χ1n) is 10.00. The second kappa shape index (κ2) is 9.42. The smallest absolute Gasteiger partial charge is 0.261 e. The number of pyridine rings is 1. The van der Waals surface area contributed by atoms with Gasteiger partial charge in [-0.05, 0) is 23.6 Å². The number of hydrogen-bond donors (Lipinski definition) is 2. The van der Waals surface area contributed by atoms with Gasteiger partial charge in [0.05, 0.1) is 30.2 Å². The van der Waals surface area contributed by atoms with Gasteiger partial charge in [0.2, 0.25) is 0 Å². The fourth-order valence-corrected chi connectivity index (χ4v) is 4.85. The lowest BCUT2D eigenvalue weighted by Crippen LogP contribution is -2.43. The Labute approximate surface area is 184 Å². The lowest BCUT2D eigenvalue weighted by atomic mass is 10.0. The number of nitrogens with two attached hydrogens (primary N) is 1. The third-order valence-corrected chi connectivity index (χ3v) is 6.36. The number of hydrogen-bond acceptors (Lipinski definition) is 7. The molecular weight excluding hydrogens is 416 g/mol. The van der Waals surface area contributed by atoms with Gasteiger partial charge in [0.25, 0.3) is 11.8 Å². The highest BCUT2D eigenvalue weighted by molar-refractivity contribution is 7.21. The predicted molar refractivity (Wildman–Crippen MR) is 119 cm³/mol. The average molecular weight is 441 g/mol. The van der Waals surface area contributed by atoms with Crippen LogP contribution in [0.1, 0.15) is 31.7 Å². The molecule has 1 aliphatic heterocycles. The Morgan fingerprint density at radius 2 is 2.16 bits per heavy atom. The summed E-state index contributed by atoms with van der Waals surface area (Å²) in [5.74, 6) is -0.156. The Morgan fingerprint density at radius 3 is 2.97 bits per heavy atom. The van der Waals surface area contributed by atoms with Crippen LogP contribution in [0.25, 0.3) is 10.1 Å². The number of aromatic nitrogens is 1. The maximum absolute atomic E-state index is 13.1. The molecule has 1 aromatic carbocycles. The Morgan fingerprint density at radius 1 is 1.32 bits per heavy atom. The molecule has 0 bridgehead atoms. The molecule has 0 saturated carbocycles. The second-order valence-corrected chi connectivity index (χ2v) is 8.19. The van der Waals surface area contributed by atoms with E-state index < -0.39 is 6.10 Å². The monoisotopic (exact) mass is 440 g/mol. The summed E-state index contributed by atoms with van der Waals surface area (Å²) in [7, 11) is 1.59. The number of amides is 2. The molecule has 0 radical (unpaired) electrons. The Bertz CT molecular complexity index is 1100. The van der Waals surface area contributed by atoms with Gasteiger partial charge in [-0.1, -0.05) is 18.2 Å². The summed E-state index contributed by atoms with van der Waals surface area (Å²) in [6.07, 6.45) is 1.13. The minimum absolute atomic E-state index is 0.170. The van der Waals surface area contributed by atoms with Gasteiger partial charge in [-0.3, -0.25) is 9.59 Å². The molecule has 8 nitrogen and oxygen atoms in total. The largest absolute Gasteiger partial charge is 0.383 e. The van der Waals surface area contributed by atoms with Crippen LogP contribution >= 0.6 is 11.3 Å². The highest BCUT2D eigenvalue weighted by Gasteiger charge is 2.32. The number of nitrogen functional groups attached to an aromatic ring is 1. The maximum Gasteiger partial charge on any atom is 0.261 e. The number of carbonyl (C=O) groups excluding carboxylic acids is 2. The van der Waals surface area contributed by atoms with Crippen molar-refractivity contribution in [2.45, 2.75) is 6.10 Å². The Balaban J connectivity index is 1.64. The summed E-state index contributed by atoms with van der Waals surface area (Å²) in [6, 6.07) is 11.2. The number of thiophene rings is 1. The number of nitrogens with zero attached hydrogens (tertiary/aromatic N) is 2. The molecule has 0 aliphatic carbocycles. The van der Waals surface area contributed by atoms with E-state index in [0.717, 1.165) is 15.6 Å². The first-order chi connectivity index (χ1) is 15.1. The van der Waals surface area contributed by atoms with Gasteiger partial charge in [-0.2, -0.15) is 0 Å². The molecule has 3 heterocycles. The third kappa shape index (κ3) is 4.39. The number of carbonyl (C=O) groups is 2. The number of ether oxygens (including phenoxy) is 2. The minimum atomic E-state index is -0.421. The molecule has 3 aromatic rings. The molecule has 31 heavy (non-hydrogen) atoms. The first-order valence-corrected chi connectivity index (χ1v) is 10.8. The Kier molecular flexibility index (Phi) is 6.45. The molecule has 2 amide bonds. The summed E-state index contributed by atoms with van der Waals surface area (Å²) >= 11 is 1.43. The van der Waals surface area contributed by atoms with Gasteiger partial charge in [0.15, 0.2) is 0 Å². The molecule has 1 unspecified atom stereocenters. The zero-order chi connectivity index (χ0) is 21.8. The summed E-state index contributed by atoms with van der Waals surface area (Å²) in [5.41, 5.74) is 7.09. The lowest BCUT2D eigenvalue weighted by Gasteiger charge is -2.33. The summed E-state index contributed by atoms with van der Waals surface area (Å²) < 4.78 is 12.1. The molecule has 9 heteroatoms. The van der Waals surface area contributed by atoms with E-state index in [1.165, 1.54) is 11.3 Å². The fraction of sp³-hybridized carbons (Fsp3) is 0.318. The zero-order valence-corrected chi connectivity index (χ0v) is 18.0. The van der Waals surface area contributed by atoms with E-state index in [-0.39, 0.29) is 17.6 Å². The molecule has 4 rings (SSSR count). The predicted octanol–water partition coefficient (Wildman–Crippen LogP) is 2.47. The van der Waals surface area contributed by atoms with Crippen molar-refractivity contribution in [3.8, 4) is 0 Å². The standard InChI is InChI=1S/C22H24N4O4S/c1-29-11-9-25-21(27)19-18(14-5-2-3-7-17(14)31-19)16-13-26(10-12-30-16)22(28)15-6-4-8-24-20(15)23/h2-8,16H,9-13H2,1H3,(H2,23,24)(H,25,27). The SMILES string of the molecule is COCCNC(=O)c1sc2ccccc2c1C1CN(C(=O)c2cccnc2N)CCO1. The molecule has 3 N–H and O–H groups in total. The second-order valence-electron chi connectivity index (χ2n) is 7.14. The number of benzene rings is 1. The van der Waals surface area contributed by atoms with Gasteiger partial charge in [-0.25, -0.2) is 4.98 Å². The van der Waals surface area contributed by atoms with Crippen LogP contribution in [0.3, 0.4) is 0 Å². The van der Waals surface area contributed by atoms with Crippen molar-refractivity contribution in [2.24, 2.45) is 0 Å². The molecule has 162 valence electrons. The molecule has 1 atom stereocenters. The Hall–Kier alpha value is -3.01. The maximum atomic E-state index is 13.1. The summed E-state index contributed by atoms with van der Waals surface area (Å²) in [6.45, 7) is 1.99. The normalized spacial score (nSPS) is 16.4. The number of anilines is 1. The highest BCUT2D eigenvalue weighted by Crippen LogP contribution is 2.38. The van der Waals surface area contributed by atoms with Gasteiger partial charge in [0.1, 0.15) is 11.9 Å². The van der Waals surface area contributed by atoms with Crippen LogP contribution < -0.4 is 11.1 Å². The fourth-order valence-electron chi connectivity index (χ4n) is 3.68. The van der Waals surface area contributed by atoms with Gasteiger partial charge in [-0.15, -0.1) is 11.3 Å². The quantitative estimate of drug-likeness (QED) is 0.571. The van der Waals surface area contributed by atoms with Crippen molar-refractivity contribution < 1.29 is 19.1 Å². The van der Waals surface area contributed by atoms with E-state index in [0.29, 0.717) is 43.3 Å². The molecule has 1 saturated heterocycles. The van der Waals surface area contributed by atoms with Gasteiger partial charge in [0, 0.05) is 36.7 Å². The first kappa shape index (κ1) is 21.2. The number of morpholine rings is 1. The van der Waals surface area contributed by atoms with Crippen LogP contribution in [0.4, 0.5) is 5.82 Å². The number of methoxy groups -OCH3 is 1. The molecular formula is C22H24N4O4S. The number of nitrogens with one attached hydrogen (secondary N) is 1. The van der Waals surface area contributed by atoms with Crippen LogP contribution in [-0.4, -0.2) is 61.7 Å². The van der Waals surface area contributed by atoms with Crippen LogP contribution in [0.2, 0.25) is 0 Å². The molecule has 2 aromatic heterocycles. The number of fused-ring (bicyclic) bond motifs is 1. The van der Waals surface area contributed by atoms with Gasteiger partial charge >= 0.3 is 0 Å².